The summed E-state index contributed by atoms with van der Waals surface area (Å²) in [7, 11) is 0. The minimum Gasteiger partial charge on any atom is -0.378 e. The van der Waals surface area contributed by atoms with E-state index in [1.807, 2.05) is 31.2 Å². The van der Waals surface area contributed by atoms with E-state index in [1.54, 1.807) is 0 Å². The van der Waals surface area contributed by atoms with E-state index < -0.39 is 0 Å². The van der Waals surface area contributed by atoms with Gasteiger partial charge in [-0.1, -0.05) is 76.2 Å². The van der Waals surface area contributed by atoms with Crippen molar-refractivity contribution >= 4 is 23.0 Å². The van der Waals surface area contributed by atoms with Gasteiger partial charge in [-0.25, -0.2) is 0 Å². The minimum atomic E-state index is -0.0284. The number of hydrogen-bond donors (Lipinski definition) is 2. The van der Waals surface area contributed by atoms with Gasteiger partial charge >= 0.3 is 0 Å². The molecule has 1 atom stereocenters. The van der Waals surface area contributed by atoms with Crippen LogP contribution in [0, 0.1) is 5.92 Å². The summed E-state index contributed by atoms with van der Waals surface area (Å²) >= 11 is 0. The topological polar surface area (TPSA) is 65.8 Å². The number of carbonyl (C=O) groups excluding carboxylic acids is 1. The Bertz CT molecular complexity index is 1220. The second-order valence-electron chi connectivity index (χ2n) is 9.64. The molecule has 0 aliphatic carbocycles. The molecule has 1 aliphatic heterocycles. The third-order valence-electron chi connectivity index (χ3n) is 6.60. The minimum absolute atomic E-state index is 0.0284. The summed E-state index contributed by atoms with van der Waals surface area (Å²) in [5.41, 5.74) is 8.49. The number of aryl methyl sites for hydroxylation is 1. The maximum absolute atomic E-state index is 12.2. The van der Waals surface area contributed by atoms with Crippen LogP contribution in [0.2, 0.25) is 0 Å². The molecule has 186 valence electrons. The highest BCUT2D eigenvalue weighted by Gasteiger charge is 2.19. The number of nitrogens with zero attached hydrogens (tertiary/aromatic N) is 2. The zero-order valence-corrected chi connectivity index (χ0v) is 21.7. The first-order chi connectivity index (χ1) is 17.5. The van der Waals surface area contributed by atoms with Crippen molar-refractivity contribution in [2.75, 3.05) is 11.9 Å². The van der Waals surface area contributed by atoms with Crippen LogP contribution in [0.4, 0.5) is 5.69 Å². The average molecular weight is 481 g/mol. The Morgan fingerprint density at radius 1 is 0.833 bits per heavy atom. The SMILES string of the molecule is CCCNC(=O)c1ccc(NC(c2ccc(C3=NN=C(c4ccc(CC)cc4)C3)cc2)C(C)C)cc1. The van der Waals surface area contributed by atoms with E-state index in [-0.39, 0.29) is 11.9 Å². The molecular formula is C31H36N4O. The molecule has 0 bridgehead atoms. The highest BCUT2D eigenvalue weighted by atomic mass is 16.1. The first-order valence-corrected chi connectivity index (χ1v) is 13.0. The predicted molar refractivity (Wildman–Crippen MR) is 150 cm³/mol. The van der Waals surface area contributed by atoms with Gasteiger partial charge in [-0.3, -0.25) is 4.79 Å². The van der Waals surface area contributed by atoms with Gasteiger partial charge in [-0.2, -0.15) is 10.2 Å². The standard InChI is InChI=1S/C31H36N4O/c1-5-19-32-31(36)26-15-17-27(18-16-26)33-30(21(3)4)25-13-11-24(12-14-25)29-20-28(34-35-29)23-9-7-22(6-2)8-10-23/h7-18,21,30,33H,5-6,19-20H2,1-4H3,(H,32,36). The van der Waals surface area contributed by atoms with Crippen LogP contribution in [0.3, 0.4) is 0 Å². The highest BCUT2D eigenvalue weighted by molar-refractivity contribution is 6.20. The Morgan fingerprint density at radius 2 is 1.42 bits per heavy atom. The van der Waals surface area contributed by atoms with Crippen molar-refractivity contribution in [2.24, 2.45) is 16.1 Å². The molecule has 5 nitrogen and oxygen atoms in total. The van der Waals surface area contributed by atoms with Crippen molar-refractivity contribution in [3.63, 3.8) is 0 Å². The second-order valence-corrected chi connectivity index (χ2v) is 9.64. The van der Waals surface area contributed by atoms with Crippen molar-refractivity contribution in [2.45, 2.75) is 53.0 Å². The fourth-order valence-electron chi connectivity index (χ4n) is 4.36. The van der Waals surface area contributed by atoms with E-state index in [9.17, 15) is 4.79 Å². The molecule has 1 heterocycles. The maximum Gasteiger partial charge on any atom is 0.251 e. The molecule has 1 unspecified atom stereocenters. The average Bonchev–Trinajstić information content (AvgIpc) is 3.41. The second kappa shape index (κ2) is 11.8. The first kappa shape index (κ1) is 25.4. The number of rotatable bonds is 10. The van der Waals surface area contributed by atoms with Crippen molar-refractivity contribution in [1.82, 2.24) is 5.32 Å². The summed E-state index contributed by atoms with van der Waals surface area (Å²) < 4.78 is 0. The van der Waals surface area contributed by atoms with Gasteiger partial charge in [0.15, 0.2) is 0 Å². The van der Waals surface area contributed by atoms with Crippen molar-refractivity contribution in [1.29, 1.82) is 0 Å². The highest BCUT2D eigenvalue weighted by Crippen LogP contribution is 2.28. The lowest BCUT2D eigenvalue weighted by molar-refractivity contribution is 0.0953. The van der Waals surface area contributed by atoms with Gasteiger partial charge in [-0.15, -0.1) is 0 Å². The summed E-state index contributed by atoms with van der Waals surface area (Å²) in [5.74, 6) is 0.354. The summed E-state index contributed by atoms with van der Waals surface area (Å²) in [5, 5.41) is 15.5. The Hall–Kier alpha value is -3.73. The molecule has 0 radical (unpaired) electrons. The molecule has 36 heavy (non-hydrogen) atoms. The molecule has 0 fully saturated rings. The fraction of sp³-hybridized carbons (Fsp3) is 0.323. The smallest absolute Gasteiger partial charge is 0.251 e. The van der Waals surface area contributed by atoms with Gasteiger partial charge in [0, 0.05) is 24.2 Å². The lowest BCUT2D eigenvalue weighted by atomic mass is 9.93. The van der Waals surface area contributed by atoms with Gasteiger partial charge in [0.2, 0.25) is 0 Å². The van der Waals surface area contributed by atoms with E-state index >= 15 is 0 Å². The Morgan fingerprint density at radius 3 is 1.94 bits per heavy atom. The van der Waals surface area contributed by atoms with E-state index in [0.717, 1.165) is 47.5 Å². The molecule has 5 heteroatoms. The summed E-state index contributed by atoms with van der Waals surface area (Å²) in [6.07, 6.45) is 2.71. The lowest BCUT2D eigenvalue weighted by Crippen LogP contribution is -2.24. The van der Waals surface area contributed by atoms with Crippen molar-refractivity contribution in [3.05, 3.63) is 101 Å². The summed E-state index contributed by atoms with van der Waals surface area (Å²) in [6.45, 7) is 9.32. The molecule has 0 saturated carbocycles. The lowest BCUT2D eigenvalue weighted by Gasteiger charge is -2.24. The molecule has 3 aromatic carbocycles. The van der Waals surface area contributed by atoms with Gasteiger partial charge < -0.3 is 10.6 Å². The molecular weight excluding hydrogens is 444 g/mol. The fourth-order valence-corrected chi connectivity index (χ4v) is 4.36. The largest absolute Gasteiger partial charge is 0.378 e. The molecule has 0 aromatic heterocycles. The first-order valence-electron chi connectivity index (χ1n) is 13.0. The maximum atomic E-state index is 12.2. The number of amides is 1. The molecule has 0 saturated heterocycles. The quantitative estimate of drug-likeness (QED) is 0.335. The van der Waals surface area contributed by atoms with Crippen LogP contribution >= 0.6 is 0 Å². The zero-order chi connectivity index (χ0) is 25.5. The number of hydrogen-bond acceptors (Lipinski definition) is 4. The monoisotopic (exact) mass is 480 g/mol. The number of anilines is 1. The molecule has 0 spiro atoms. The molecule has 1 aliphatic rings. The van der Waals surface area contributed by atoms with E-state index in [2.05, 4.69) is 90.1 Å². The van der Waals surface area contributed by atoms with Gasteiger partial charge in [0.05, 0.1) is 17.5 Å². The summed E-state index contributed by atoms with van der Waals surface area (Å²) in [4.78, 5) is 12.2. The van der Waals surface area contributed by atoms with E-state index in [0.29, 0.717) is 18.0 Å². The van der Waals surface area contributed by atoms with Gasteiger partial charge in [0.1, 0.15) is 0 Å². The van der Waals surface area contributed by atoms with Gasteiger partial charge in [0.25, 0.3) is 5.91 Å². The third kappa shape index (κ3) is 6.09. The van der Waals surface area contributed by atoms with Crippen LogP contribution in [0.5, 0.6) is 0 Å². The Kier molecular flexibility index (Phi) is 8.32. The van der Waals surface area contributed by atoms with Crippen LogP contribution in [0.15, 0.2) is 83.0 Å². The predicted octanol–water partition coefficient (Wildman–Crippen LogP) is 6.80. The number of carbonyl (C=O) groups is 1. The van der Waals surface area contributed by atoms with Crippen LogP contribution in [-0.4, -0.2) is 23.9 Å². The third-order valence-corrected chi connectivity index (χ3v) is 6.60. The molecule has 3 aromatic rings. The molecule has 4 rings (SSSR count). The Balaban J connectivity index is 1.40. The van der Waals surface area contributed by atoms with Crippen LogP contribution in [0.1, 0.15) is 79.2 Å². The number of nitrogens with one attached hydrogen (secondary N) is 2. The van der Waals surface area contributed by atoms with Crippen LogP contribution < -0.4 is 10.6 Å². The zero-order valence-electron chi connectivity index (χ0n) is 21.7. The van der Waals surface area contributed by atoms with Crippen molar-refractivity contribution in [3.8, 4) is 0 Å². The van der Waals surface area contributed by atoms with E-state index in [1.165, 1.54) is 11.1 Å². The van der Waals surface area contributed by atoms with Crippen LogP contribution in [-0.2, 0) is 6.42 Å². The molecule has 2 N–H and O–H groups in total. The number of benzene rings is 3. The molecule has 1 amide bonds. The Labute approximate surface area is 214 Å². The van der Waals surface area contributed by atoms with Crippen LogP contribution in [0.25, 0.3) is 0 Å². The van der Waals surface area contributed by atoms with E-state index in [4.69, 9.17) is 0 Å². The summed E-state index contributed by atoms with van der Waals surface area (Å²) in [6, 6.07) is 25.1. The van der Waals surface area contributed by atoms with Gasteiger partial charge in [-0.05, 0) is 65.3 Å². The normalized spacial score (nSPS) is 13.8. The van der Waals surface area contributed by atoms with Crippen molar-refractivity contribution < 1.29 is 4.79 Å².